The molecule has 21 heavy (non-hydrogen) atoms. The highest BCUT2D eigenvalue weighted by atomic mass is 15.3. The van der Waals surface area contributed by atoms with Gasteiger partial charge in [-0.3, -0.25) is 4.68 Å². The molecule has 0 atom stereocenters. The molecule has 3 nitrogen and oxygen atoms in total. The number of hydrogen-bond donors (Lipinski definition) is 1. The highest BCUT2D eigenvalue weighted by Crippen LogP contribution is 2.31. The van der Waals surface area contributed by atoms with E-state index >= 15 is 0 Å². The molecule has 2 aliphatic rings. The summed E-state index contributed by atoms with van der Waals surface area (Å²) < 4.78 is 2.05. The summed E-state index contributed by atoms with van der Waals surface area (Å²) in [5.74, 6) is 0.785. The van der Waals surface area contributed by atoms with Gasteiger partial charge in [0, 0.05) is 30.4 Å². The highest BCUT2D eigenvalue weighted by Gasteiger charge is 2.23. The van der Waals surface area contributed by atoms with E-state index in [2.05, 4.69) is 41.2 Å². The predicted octanol–water partition coefficient (Wildman–Crippen LogP) is 4.18. The molecule has 3 heteroatoms. The molecule has 1 aromatic heterocycles. The summed E-state index contributed by atoms with van der Waals surface area (Å²) in [7, 11) is 0. The van der Waals surface area contributed by atoms with Gasteiger partial charge in [0.15, 0.2) is 0 Å². The van der Waals surface area contributed by atoms with E-state index in [0.717, 1.165) is 18.5 Å². The first kappa shape index (κ1) is 14.8. The van der Waals surface area contributed by atoms with Crippen LogP contribution in [-0.2, 0) is 0 Å². The molecule has 0 amide bonds. The van der Waals surface area contributed by atoms with Crippen LogP contribution in [0.3, 0.4) is 0 Å². The molecule has 116 valence electrons. The molecule has 1 N–H and O–H groups in total. The van der Waals surface area contributed by atoms with Crippen molar-refractivity contribution in [2.45, 2.75) is 70.9 Å². The average Bonchev–Trinajstić information content (AvgIpc) is 3.20. The maximum absolute atomic E-state index is 4.47. The second kappa shape index (κ2) is 6.78. The second-order valence-corrected chi connectivity index (χ2v) is 7.06. The van der Waals surface area contributed by atoms with Gasteiger partial charge >= 0.3 is 0 Å². The van der Waals surface area contributed by atoms with Crippen LogP contribution in [-0.4, -0.2) is 22.4 Å². The SMILES string of the molecule is CC(C)n1cc(/C=C(/CNC2CC2)C2CCCCC2)cn1. The Bertz CT molecular complexity index is 476. The Labute approximate surface area is 128 Å². The molecular weight excluding hydrogens is 258 g/mol. The molecule has 2 aliphatic carbocycles. The summed E-state index contributed by atoms with van der Waals surface area (Å²) in [6.45, 7) is 5.43. The summed E-state index contributed by atoms with van der Waals surface area (Å²) in [5, 5.41) is 8.18. The van der Waals surface area contributed by atoms with Crippen LogP contribution in [0.25, 0.3) is 6.08 Å². The highest BCUT2D eigenvalue weighted by molar-refractivity contribution is 5.52. The molecule has 3 rings (SSSR count). The molecule has 2 saturated carbocycles. The van der Waals surface area contributed by atoms with E-state index in [1.54, 1.807) is 5.57 Å². The van der Waals surface area contributed by atoms with E-state index in [1.165, 1.54) is 50.5 Å². The van der Waals surface area contributed by atoms with E-state index in [1.807, 2.05) is 6.20 Å². The topological polar surface area (TPSA) is 29.9 Å². The standard InChI is InChI=1S/C18H29N3/c1-14(2)21-13-15(11-20-21)10-17(12-19-18-8-9-18)16-6-4-3-5-7-16/h10-11,13-14,16,18-19H,3-9,12H2,1-2H3/b17-10-. The zero-order valence-electron chi connectivity index (χ0n) is 13.5. The van der Waals surface area contributed by atoms with Gasteiger partial charge in [-0.15, -0.1) is 0 Å². The van der Waals surface area contributed by atoms with Gasteiger partial charge in [0.1, 0.15) is 0 Å². The van der Waals surface area contributed by atoms with E-state index in [-0.39, 0.29) is 0 Å². The molecule has 0 saturated heterocycles. The van der Waals surface area contributed by atoms with Crippen molar-refractivity contribution < 1.29 is 0 Å². The van der Waals surface area contributed by atoms with Crippen LogP contribution in [0.1, 0.15) is 70.4 Å². The maximum Gasteiger partial charge on any atom is 0.0562 e. The second-order valence-electron chi connectivity index (χ2n) is 7.06. The van der Waals surface area contributed by atoms with Gasteiger partial charge in [-0.05, 0) is 45.4 Å². The molecule has 2 fully saturated rings. The Balaban J connectivity index is 1.72. The number of hydrogen-bond acceptors (Lipinski definition) is 2. The van der Waals surface area contributed by atoms with Gasteiger partial charge in [0.05, 0.1) is 6.20 Å². The third-order valence-electron chi connectivity index (χ3n) is 4.80. The quantitative estimate of drug-likeness (QED) is 0.850. The Hall–Kier alpha value is -1.09. The Morgan fingerprint density at radius 3 is 2.67 bits per heavy atom. The summed E-state index contributed by atoms with van der Waals surface area (Å²) in [6.07, 6.45) is 16.3. The lowest BCUT2D eigenvalue weighted by Crippen LogP contribution is -2.23. The molecular formula is C18H29N3. The Morgan fingerprint density at radius 1 is 1.29 bits per heavy atom. The van der Waals surface area contributed by atoms with Crippen molar-refractivity contribution in [1.82, 2.24) is 15.1 Å². The van der Waals surface area contributed by atoms with E-state index in [0.29, 0.717) is 6.04 Å². The van der Waals surface area contributed by atoms with E-state index < -0.39 is 0 Å². The molecule has 0 bridgehead atoms. The third-order valence-corrected chi connectivity index (χ3v) is 4.80. The van der Waals surface area contributed by atoms with Crippen LogP contribution in [0, 0.1) is 5.92 Å². The first-order chi connectivity index (χ1) is 10.2. The summed E-state index contributed by atoms with van der Waals surface area (Å²) >= 11 is 0. The molecule has 0 aromatic carbocycles. The first-order valence-corrected chi connectivity index (χ1v) is 8.70. The van der Waals surface area contributed by atoms with Crippen LogP contribution in [0.2, 0.25) is 0 Å². The van der Waals surface area contributed by atoms with E-state index in [4.69, 9.17) is 0 Å². The average molecular weight is 287 g/mol. The Kier molecular flexibility index (Phi) is 4.79. The van der Waals surface area contributed by atoms with Crippen molar-refractivity contribution in [3.05, 3.63) is 23.5 Å². The van der Waals surface area contributed by atoms with Gasteiger partial charge in [-0.1, -0.05) is 30.9 Å². The summed E-state index contributed by atoms with van der Waals surface area (Å²) in [4.78, 5) is 0. The van der Waals surface area contributed by atoms with Gasteiger partial charge in [0.2, 0.25) is 0 Å². The monoisotopic (exact) mass is 287 g/mol. The molecule has 1 aromatic rings. The van der Waals surface area contributed by atoms with E-state index in [9.17, 15) is 0 Å². The zero-order chi connectivity index (χ0) is 14.7. The van der Waals surface area contributed by atoms with Crippen LogP contribution in [0.15, 0.2) is 18.0 Å². The predicted molar refractivity (Wildman–Crippen MR) is 88.2 cm³/mol. The largest absolute Gasteiger partial charge is 0.310 e. The van der Waals surface area contributed by atoms with Crippen LogP contribution >= 0.6 is 0 Å². The number of nitrogens with zero attached hydrogens (tertiary/aromatic N) is 2. The Morgan fingerprint density at radius 2 is 2.05 bits per heavy atom. The van der Waals surface area contributed by atoms with Crippen molar-refractivity contribution in [3.8, 4) is 0 Å². The van der Waals surface area contributed by atoms with Crippen molar-refractivity contribution in [3.63, 3.8) is 0 Å². The van der Waals surface area contributed by atoms with Crippen LogP contribution in [0.5, 0.6) is 0 Å². The minimum Gasteiger partial charge on any atom is -0.310 e. The van der Waals surface area contributed by atoms with Crippen molar-refractivity contribution >= 4 is 6.08 Å². The smallest absolute Gasteiger partial charge is 0.0562 e. The van der Waals surface area contributed by atoms with Crippen molar-refractivity contribution in [2.24, 2.45) is 5.92 Å². The van der Waals surface area contributed by atoms with Crippen LogP contribution in [0.4, 0.5) is 0 Å². The normalized spacial score (nSPS) is 21.2. The van der Waals surface area contributed by atoms with Crippen molar-refractivity contribution in [2.75, 3.05) is 6.54 Å². The number of nitrogens with one attached hydrogen (secondary N) is 1. The minimum atomic E-state index is 0.440. The molecule has 0 unspecified atom stereocenters. The molecule has 1 heterocycles. The minimum absolute atomic E-state index is 0.440. The lowest BCUT2D eigenvalue weighted by atomic mass is 9.83. The van der Waals surface area contributed by atoms with Gasteiger partial charge in [0.25, 0.3) is 0 Å². The number of aromatic nitrogens is 2. The molecule has 0 aliphatic heterocycles. The maximum atomic E-state index is 4.47. The zero-order valence-corrected chi connectivity index (χ0v) is 13.5. The van der Waals surface area contributed by atoms with Gasteiger partial charge in [-0.25, -0.2) is 0 Å². The fourth-order valence-electron chi connectivity index (χ4n) is 3.26. The first-order valence-electron chi connectivity index (χ1n) is 8.70. The molecule has 0 spiro atoms. The summed E-state index contributed by atoms with van der Waals surface area (Å²) in [6, 6.07) is 1.23. The van der Waals surface area contributed by atoms with Crippen molar-refractivity contribution in [1.29, 1.82) is 0 Å². The summed E-state index contributed by atoms with van der Waals surface area (Å²) in [5.41, 5.74) is 2.87. The van der Waals surface area contributed by atoms with Gasteiger partial charge in [-0.2, -0.15) is 5.10 Å². The fourth-order valence-corrected chi connectivity index (χ4v) is 3.26. The number of rotatable bonds is 6. The fraction of sp³-hybridized carbons (Fsp3) is 0.722. The lowest BCUT2D eigenvalue weighted by molar-refractivity contribution is 0.396. The lowest BCUT2D eigenvalue weighted by Gasteiger charge is -2.25. The van der Waals surface area contributed by atoms with Crippen LogP contribution < -0.4 is 5.32 Å². The molecule has 0 radical (unpaired) electrons. The van der Waals surface area contributed by atoms with Gasteiger partial charge < -0.3 is 5.32 Å². The third kappa shape index (κ3) is 4.19.